The molecule has 0 unspecified atom stereocenters. The summed E-state index contributed by atoms with van der Waals surface area (Å²) in [6.07, 6.45) is 13.2. The van der Waals surface area contributed by atoms with E-state index in [0.29, 0.717) is 0 Å². The van der Waals surface area contributed by atoms with Gasteiger partial charge in [0, 0.05) is 5.04 Å². The molecule has 0 atom stereocenters. The van der Waals surface area contributed by atoms with Gasteiger partial charge in [0.2, 0.25) is 5.91 Å². The van der Waals surface area contributed by atoms with Crippen molar-refractivity contribution < 1.29 is 4.79 Å². The van der Waals surface area contributed by atoms with Crippen LogP contribution in [-0.2, 0) is 4.79 Å². The van der Waals surface area contributed by atoms with E-state index in [9.17, 15) is 4.79 Å². The van der Waals surface area contributed by atoms with Crippen molar-refractivity contribution in [2.45, 2.75) is 56.7 Å². The highest BCUT2D eigenvalue weighted by Crippen LogP contribution is 2.53. The normalized spacial score (nSPS) is 23.5. The van der Waals surface area contributed by atoms with Gasteiger partial charge in [0.15, 0.2) is 0 Å². The minimum absolute atomic E-state index is 0.0401. The number of hydrogen-bond acceptors (Lipinski definition) is 1. The van der Waals surface area contributed by atoms with Crippen molar-refractivity contribution in [2.75, 3.05) is 0 Å². The lowest BCUT2D eigenvalue weighted by Gasteiger charge is -2.46. The van der Waals surface area contributed by atoms with Gasteiger partial charge in [0.25, 0.3) is 0 Å². The summed E-state index contributed by atoms with van der Waals surface area (Å²) >= 11 is 0. The van der Waals surface area contributed by atoms with Crippen molar-refractivity contribution in [1.29, 1.82) is 0 Å². The third-order valence-electron chi connectivity index (χ3n) is 4.95. The second-order valence-corrected chi connectivity index (χ2v) is 10.8. The molecule has 0 aromatic rings. The van der Waals surface area contributed by atoms with Crippen molar-refractivity contribution in [3.8, 4) is 0 Å². The third kappa shape index (κ3) is 1.90. The molecule has 0 aliphatic heterocycles. The molecule has 0 aromatic carbocycles. The van der Waals surface area contributed by atoms with Crippen LogP contribution in [0, 0.1) is 0 Å². The molecule has 2 aliphatic carbocycles. The first-order chi connectivity index (χ1) is 8.01. The lowest BCUT2D eigenvalue weighted by atomic mass is 9.87. The van der Waals surface area contributed by atoms with E-state index in [1.807, 2.05) is 0 Å². The molecule has 2 nitrogen and oxygen atoms in total. The van der Waals surface area contributed by atoms with E-state index in [1.54, 1.807) is 0 Å². The van der Waals surface area contributed by atoms with Crippen molar-refractivity contribution in [1.82, 2.24) is 0 Å². The average Bonchev–Trinajstić information content (AvgIpc) is 2.83. The molecule has 0 spiro atoms. The minimum Gasteiger partial charge on any atom is -0.369 e. The average molecular weight is 249 g/mol. The van der Waals surface area contributed by atoms with Gasteiger partial charge in [0.05, 0.1) is 8.07 Å². The Hall–Kier alpha value is -0.833. The summed E-state index contributed by atoms with van der Waals surface area (Å²) < 4.78 is 0. The maximum atomic E-state index is 12.1. The molecular formula is C14H23NOSi. The number of carbonyl (C=O) groups is 1. The summed E-state index contributed by atoms with van der Waals surface area (Å²) in [5.74, 6) is -0.0401. The Balaban J connectivity index is 2.35. The largest absolute Gasteiger partial charge is 0.369 e. The van der Waals surface area contributed by atoms with Gasteiger partial charge in [-0.2, -0.15) is 0 Å². The number of primary amides is 1. The van der Waals surface area contributed by atoms with Gasteiger partial charge in [-0.25, -0.2) is 0 Å². The minimum atomic E-state index is -1.76. The first kappa shape index (κ1) is 12.6. The Morgan fingerprint density at radius 1 is 1.29 bits per heavy atom. The van der Waals surface area contributed by atoms with Crippen molar-refractivity contribution in [3.63, 3.8) is 0 Å². The van der Waals surface area contributed by atoms with Crippen molar-refractivity contribution in [3.05, 3.63) is 23.4 Å². The molecule has 3 heteroatoms. The molecular weight excluding hydrogens is 226 g/mol. The van der Waals surface area contributed by atoms with Gasteiger partial charge in [-0.3, -0.25) is 4.79 Å². The fraction of sp³-hybridized carbons (Fsp3) is 0.643. The molecule has 17 heavy (non-hydrogen) atoms. The van der Waals surface area contributed by atoms with Gasteiger partial charge in [-0.1, -0.05) is 55.8 Å². The lowest BCUT2D eigenvalue weighted by Crippen LogP contribution is -2.52. The van der Waals surface area contributed by atoms with E-state index in [1.165, 1.54) is 24.5 Å². The number of rotatable bonds is 3. The van der Waals surface area contributed by atoms with Crippen LogP contribution < -0.4 is 5.73 Å². The van der Waals surface area contributed by atoms with Crippen LogP contribution in [0.4, 0.5) is 0 Å². The first-order valence-corrected chi connectivity index (χ1v) is 9.67. The van der Waals surface area contributed by atoms with Crippen LogP contribution in [0.15, 0.2) is 23.4 Å². The van der Waals surface area contributed by atoms with Crippen LogP contribution in [0.1, 0.15) is 38.5 Å². The molecule has 1 saturated carbocycles. The molecule has 0 radical (unpaired) electrons. The quantitative estimate of drug-likeness (QED) is 0.766. The Morgan fingerprint density at radius 2 is 1.94 bits per heavy atom. The van der Waals surface area contributed by atoms with E-state index < -0.39 is 8.07 Å². The number of hydrogen-bond donors (Lipinski definition) is 1. The van der Waals surface area contributed by atoms with Crippen LogP contribution in [0.3, 0.4) is 0 Å². The van der Waals surface area contributed by atoms with Gasteiger partial charge in [0.1, 0.15) is 0 Å². The Labute approximate surface area is 105 Å². The molecule has 0 aromatic heterocycles. The molecule has 2 rings (SSSR count). The van der Waals surface area contributed by atoms with Crippen LogP contribution in [-0.4, -0.2) is 14.0 Å². The zero-order valence-electron chi connectivity index (χ0n) is 11.0. The maximum Gasteiger partial charge on any atom is 0.221 e. The Morgan fingerprint density at radius 3 is 2.41 bits per heavy atom. The van der Waals surface area contributed by atoms with E-state index >= 15 is 0 Å². The summed E-state index contributed by atoms with van der Waals surface area (Å²) in [6, 6.07) is 0. The molecule has 1 amide bonds. The number of carbonyl (C=O) groups excluding carboxylic acids is 1. The molecule has 94 valence electrons. The Kier molecular flexibility index (Phi) is 3.30. The van der Waals surface area contributed by atoms with Crippen LogP contribution >= 0.6 is 0 Å². The molecule has 0 bridgehead atoms. The van der Waals surface area contributed by atoms with Crippen LogP contribution in [0.25, 0.3) is 0 Å². The highest BCUT2D eigenvalue weighted by atomic mass is 28.3. The first-order valence-electron chi connectivity index (χ1n) is 6.67. The van der Waals surface area contributed by atoms with Crippen LogP contribution in [0.5, 0.6) is 0 Å². The topological polar surface area (TPSA) is 43.1 Å². The molecule has 0 heterocycles. The second-order valence-electron chi connectivity index (χ2n) is 5.96. The molecule has 2 aliphatic rings. The fourth-order valence-electron chi connectivity index (χ4n) is 3.55. The number of nitrogens with two attached hydrogens (primary N) is 1. The monoisotopic (exact) mass is 249 g/mol. The predicted molar refractivity (Wildman–Crippen MR) is 74.3 cm³/mol. The number of amides is 1. The second kappa shape index (κ2) is 4.45. The van der Waals surface area contributed by atoms with E-state index in [0.717, 1.165) is 19.3 Å². The fourth-order valence-corrected chi connectivity index (χ4v) is 7.53. The standard InChI is InChI=1S/C14H23NOSi/c1-17(2,12-8-4-5-9-12)14(13(15)16)10-6-3-7-11-14/h4-5,8H,3,6-7,9-11H2,1-2H3,(H2,15,16). The summed E-state index contributed by atoms with van der Waals surface area (Å²) in [5.41, 5.74) is 5.80. The maximum absolute atomic E-state index is 12.1. The smallest absolute Gasteiger partial charge is 0.221 e. The summed E-state index contributed by atoms with van der Waals surface area (Å²) in [6.45, 7) is 4.67. The number of allylic oxidation sites excluding steroid dienone is 4. The third-order valence-corrected chi connectivity index (χ3v) is 10.1. The summed E-state index contributed by atoms with van der Waals surface area (Å²) in [7, 11) is -1.76. The van der Waals surface area contributed by atoms with Gasteiger partial charge in [-0.15, -0.1) is 0 Å². The SMILES string of the molecule is C[Si](C)(C1=CC=CC1)C1(C(N)=O)CCCCC1. The van der Waals surface area contributed by atoms with Crippen LogP contribution in [0.2, 0.25) is 18.1 Å². The van der Waals surface area contributed by atoms with Crippen molar-refractivity contribution in [2.24, 2.45) is 5.73 Å². The summed E-state index contributed by atoms with van der Waals surface area (Å²) in [5, 5.41) is 1.31. The predicted octanol–water partition coefficient (Wildman–Crippen LogP) is 3.31. The van der Waals surface area contributed by atoms with Gasteiger partial charge < -0.3 is 5.73 Å². The highest BCUT2D eigenvalue weighted by molar-refractivity contribution is 6.89. The molecule has 0 saturated heterocycles. The van der Waals surface area contributed by atoms with Crippen molar-refractivity contribution >= 4 is 14.0 Å². The zero-order chi connectivity index (χ0) is 12.5. The zero-order valence-corrected chi connectivity index (χ0v) is 12.0. The van der Waals surface area contributed by atoms with Gasteiger partial charge in [-0.05, 0) is 19.3 Å². The highest BCUT2D eigenvalue weighted by Gasteiger charge is 2.52. The van der Waals surface area contributed by atoms with E-state index in [-0.39, 0.29) is 10.9 Å². The molecule has 2 N–H and O–H groups in total. The van der Waals surface area contributed by atoms with E-state index in [4.69, 9.17) is 5.73 Å². The Bertz CT molecular complexity index is 376. The van der Waals surface area contributed by atoms with Gasteiger partial charge >= 0.3 is 0 Å². The van der Waals surface area contributed by atoms with E-state index in [2.05, 4.69) is 31.3 Å². The summed E-state index contributed by atoms with van der Waals surface area (Å²) in [4.78, 5) is 12.1. The lowest BCUT2D eigenvalue weighted by molar-refractivity contribution is -0.122. The molecule has 1 fully saturated rings.